The van der Waals surface area contributed by atoms with Gasteiger partial charge in [0.25, 0.3) is 0 Å². The maximum atomic E-state index is 8.11. The van der Waals surface area contributed by atoms with Gasteiger partial charge in [-0.2, -0.15) is 0 Å². The molecule has 1 heterocycles. The van der Waals surface area contributed by atoms with Crippen molar-refractivity contribution in [3.63, 3.8) is 0 Å². The molecule has 0 aromatic carbocycles. The molecular formula is C6H5BrN2O. The molecule has 0 saturated heterocycles. The van der Waals surface area contributed by atoms with E-state index in [1.165, 1.54) is 6.21 Å². The topological polar surface area (TPSA) is 45.5 Å². The van der Waals surface area contributed by atoms with Gasteiger partial charge in [-0.05, 0) is 28.1 Å². The number of aromatic nitrogens is 1. The van der Waals surface area contributed by atoms with E-state index in [2.05, 4.69) is 26.1 Å². The van der Waals surface area contributed by atoms with Crippen molar-refractivity contribution in [1.82, 2.24) is 4.98 Å². The van der Waals surface area contributed by atoms with Crippen molar-refractivity contribution < 1.29 is 5.21 Å². The second-order valence-corrected chi connectivity index (χ2v) is 2.56. The number of hydrogen-bond donors (Lipinski definition) is 1. The van der Waals surface area contributed by atoms with E-state index in [0.717, 1.165) is 4.47 Å². The molecule has 0 atom stereocenters. The Morgan fingerprint density at radius 2 is 2.40 bits per heavy atom. The predicted molar refractivity (Wildman–Crippen MR) is 41.3 cm³/mol. The predicted octanol–water partition coefficient (Wildman–Crippen LogP) is 1.65. The van der Waals surface area contributed by atoms with Crippen LogP contribution >= 0.6 is 15.9 Å². The molecule has 52 valence electrons. The summed E-state index contributed by atoms with van der Waals surface area (Å²) >= 11 is 3.23. The second kappa shape index (κ2) is 3.31. The van der Waals surface area contributed by atoms with Gasteiger partial charge in [0.1, 0.15) is 0 Å². The van der Waals surface area contributed by atoms with Gasteiger partial charge >= 0.3 is 0 Å². The molecule has 4 heteroatoms. The molecule has 1 aromatic heterocycles. The van der Waals surface area contributed by atoms with Gasteiger partial charge in [0.2, 0.25) is 0 Å². The van der Waals surface area contributed by atoms with E-state index >= 15 is 0 Å². The SMILES string of the molecule is O/N=C\c1ccc(Br)cn1. The molecule has 10 heavy (non-hydrogen) atoms. The van der Waals surface area contributed by atoms with Gasteiger partial charge < -0.3 is 5.21 Å². The minimum Gasteiger partial charge on any atom is -0.411 e. The van der Waals surface area contributed by atoms with Gasteiger partial charge in [-0.25, -0.2) is 0 Å². The molecule has 0 amide bonds. The Morgan fingerprint density at radius 3 is 2.90 bits per heavy atom. The average Bonchev–Trinajstić information content (AvgIpc) is 1.95. The third-order valence-corrected chi connectivity index (χ3v) is 1.41. The highest BCUT2D eigenvalue weighted by atomic mass is 79.9. The lowest BCUT2D eigenvalue weighted by Crippen LogP contribution is -1.84. The summed E-state index contributed by atoms with van der Waals surface area (Å²) in [6, 6.07) is 3.56. The minimum atomic E-state index is 0.630. The fraction of sp³-hybridized carbons (Fsp3) is 0. The third kappa shape index (κ3) is 1.80. The molecule has 1 N–H and O–H groups in total. The van der Waals surface area contributed by atoms with E-state index in [1.807, 2.05) is 6.07 Å². The van der Waals surface area contributed by atoms with E-state index in [4.69, 9.17) is 5.21 Å². The number of nitrogens with zero attached hydrogens (tertiary/aromatic N) is 2. The highest BCUT2D eigenvalue weighted by Gasteiger charge is 1.87. The highest BCUT2D eigenvalue weighted by molar-refractivity contribution is 9.10. The maximum Gasteiger partial charge on any atom is 0.0918 e. The lowest BCUT2D eigenvalue weighted by molar-refractivity contribution is 0.321. The first kappa shape index (κ1) is 7.21. The zero-order valence-electron chi connectivity index (χ0n) is 5.03. The van der Waals surface area contributed by atoms with Crippen molar-refractivity contribution in [2.45, 2.75) is 0 Å². The summed E-state index contributed by atoms with van der Waals surface area (Å²) in [5.41, 5.74) is 0.630. The van der Waals surface area contributed by atoms with Crippen molar-refractivity contribution in [2.24, 2.45) is 5.16 Å². The Balaban J connectivity index is 2.89. The van der Waals surface area contributed by atoms with Crippen molar-refractivity contribution in [2.75, 3.05) is 0 Å². The number of pyridine rings is 1. The van der Waals surface area contributed by atoms with Crippen LogP contribution in [0.2, 0.25) is 0 Å². The van der Waals surface area contributed by atoms with Crippen LogP contribution in [0, 0.1) is 0 Å². The van der Waals surface area contributed by atoms with Crippen LogP contribution in [0.15, 0.2) is 28.0 Å². The second-order valence-electron chi connectivity index (χ2n) is 1.65. The van der Waals surface area contributed by atoms with Crippen LogP contribution in [0.25, 0.3) is 0 Å². The van der Waals surface area contributed by atoms with Gasteiger partial charge in [-0.1, -0.05) is 5.16 Å². The van der Waals surface area contributed by atoms with Crippen molar-refractivity contribution in [3.8, 4) is 0 Å². The summed E-state index contributed by atoms with van der Waals surface area (Å²) in [5, 5.41) is 10.9. The van der Waals surface area contributed by atoms with E-state index < -0.39 is 0 Å². The first-order valence-corrected chi connectivity index (χ1v) is 3.41. The van der Waals surface area contributed by atoms with E-state index in [1.54, 1.807) is 12.3 Å². The van der Waals surface area contributed by atoms with E-state index in [9.17, 15) is 0 Å². The summed E-state index contributed by atoms with van der Waals surface area (Å²) in [4.78, 5) is 3.91. The lowest BCUT2D eigenvalue weighted by Gasteiger charge is -1.89. The normalized spacial score (nSPS) is 10.5. The monoisotopic (exact) mass is 200 g/mol. The Bertz CT molecular complexity index is 232. The van der Waals surface area contributed by atoms with Crippen molar-refractivity contribution in [1.29, 1.82) is 0 Å². The van der Waals surface area contributed by atoms with Gasteiger partial charge in [-0.15, -0.1) is 0 Å². The Labute approximate surface area is 66.5 Å². The molecule has 0 spiro atoms. The smallest absolute Gasteiger partial charge is 0.0918 e. The zero-order chi connectivity index (χ0) is 7.40. The average molecular weight is 201 g/mol. The van der Waals surface area contributed by atoms with E-state index in [0.29, 0.717) is 5.69 Å². The molecule has 0 aliphatic carbocycles. The molecule has 0 aliphatic rings. The number of hydrogen-bond acceptors (Lipinski definition) is 3. The molecule has 3 nitrogen and oxygen atoms in total. The van der Waals surface area contributed by atoms with Crippen LogP contribution in [0.3, 0.4) is 0 Å². The highest BCUT2D eigenvalue weighted by Crippen LogP contribution is 2.05. The Morgan fingerprint density at radius 1 is 1.60 bits per heavy atom. The molecule has 0 bridgehead atoms. The fourth-order valence-electron chi connectivity index (χ4n) is 0.523. The molecule has 0 saturated carbocycles. The summed E-state index contributed by atoms with van der Waals surface area (Å²) in [6.45, 7) is 0. The Hall–Kier alpha value is -0.900. The molecule has 0 radical (unpaired) electrons. The standard InChI is InChI=1S/C6H5BrN2O/c7-5-1-2-6(4-9-10)8-3-5/h1-4,10H/b9-4-. The van der Waals surface area contributed by atoms with Crippen LogP contribution in [0.1, 0.15) is 5.69 Å². The first-order valence-electron chi connectivity index (χ1n) is 2.62. The fourth-order valence-corrected chi connectivity index (χ4v) is 0.757. The van der Waals surface area contributed by atoms with Crippen LogP contribution in [0.5, 0.6) is 0 Å². The van der Waals surface area contributed by atoms with Gasteiger partial charge in [0, 0.05) is 10.7 Å². The Kier molecular flexibility index (Phi) is 2.39. The molecule has 1 rings (SSSR count). The molecule has 0 unspecified atom stereocenters. The number of oxime groups is 1. The lowest BCUT2D eigenvalue weighted by atomic mass is 10.4. The molecule has 0 aliphatic heterocycles. The van der Waals surface area contributed by atoms with Crippen molar-refractivity contribution >= 4 is 22.1 Å². The van der Waals surface area contributed by atoms with Crippen LogP contribution < -0.4 is 0 Å². The quantitative estimate of drug-likeness (QED) is 0.426. The third-order valence-electron chi connectivity index (χ3n) is 0.940. The summed E-state index contributed by atoms with van der Waals surface area (Å²) in [5.74, 6) is 0. The summed E-state index contributed by atoms with van der Waals surface area (Å²) in [6.07, 6.45) is 2.91. The molecule has 0 fully saturated rings. The van der Waals surface area contributed by atoms with Crippen LogP contribution in [-0.2, 0) is 0 Å². The van der Waals surface area contributed by atoms with Crippen LogP contribution in [0.4, 0.5) is 0 Å². The molecule has 1 aromatic rings. The molecular weight excluding hydrogens is 196 g/mol. The van der Waals surface area contributed by atoms with Gasteiger partial charge in [-0.3, -0.25) is 4.98 Å². The first-order chi connectivity index (χ1) is 4.83. The number of rotatable bonds is 1. The maximum absolute atomic E-state index is 8.11. The largest absolute Gasteiger partial charge is 0.411 e. The number of halogens is 1. The zero-order valence-corrected chi connectivity index (χ0v) is 6.62. The summed E-state index contributed by atoms with van der Waals surface area (Å²) < 4.78 is 0.905. The van der Waals surface area contributed by atoms with E-state index in [-0.39, 0.29) is 0 Å². The van der Waals surface area contributed by atoms with Gasteiger partial charge in [0.05, 0.1) is 11.9 Å². The van der Waals surface area contributed by atoms with Crippen molar-refractivity contribution in [3.05, 3.63) is 28.5 Å². The minimum absolute atomic E-state index is 0.630. The van der Waals surface area contributed by atoms with Crippen LogP contribution in [-0.4, -0.2) is 16.4 Å². The van der Waals surface area contributed by atoms with Gasteiger partial charge in [0.15, 0.2) is 0 Å². The summed E-state index contributed by atoms with van der Waals surface area (Å²) in [7, 11) is 0.